The SMILES string of the molecule is Cc1cc(F)cc(C(=O)NCC(Cl)C(C)C)c1. The lowest BCUT2D eigenvalue weighted by molar-refractivity contribution is 0.0952. The first-order valence-electron chi connectivity index (χ1n) is 5.59. The van der Waals surface area contributed by atoms with Gasteiger partial charge in [-0.3, -0.25) is 4.79 Å². The third kappa shape index (κ3) is 4.35. The Morgan fingerprint density at radius 1 is 1.41 bits per heavy atom. The molecule has 2 nitrogen and oxygen atoms in total. The van der Waals surface area contributed by atoms with E-state index >= 15 is 0 Å². The topological polar surface area (TPSA) is 29.1 Å². The van der Waals surface area contributed by atoms with Crippen molar-refractivity contribution in [3.8, 4) is 0 Å². The van der Waals surface area contributed by atoms with Crippen molar-refractivity contribution in [3.05, 3.63) is 35.1 Å². The molecule has 4 heteroatoms. The van der Waals surface area contributed by atoms with Crippen LogP contribution in [0.5, 0.6) is 0 Å². The molecule has 0 radical (unpaired) electrons. The Bertz CT molecular complexity index is 386. The highest BCUT2D eigenvalue weighted by atomic mass is 35.5. The Kier molecular flexibility index (Phi) is 4.94. The monoisotopic (exact) mass is 257 g/mol. The molecule has 1 unspecified atom stereocenters. The quantitative estimate of drug-likeness (QED) is 0.825. The Morgan fingerprint density at radius 2 is 2.06 bits per heavy atom. The summed E-state index contributed by atoms with van der Waals surface area (Å²) in [7, 11) is 0. The van der Waals surface area contributed by atoms with Gasteiger partial charge >= 0.3 is 0 Å². The predicted molar refractivity (Wildman–Crippen MR) is 67.9 cm³/mol. The normalized spacial score (nSPS) is 12.6. The first-order valence-corrected chi connectivity index (χ1v) is 6.03. The molecule has 0 aliphatic carbocycles. The van der Waals surface area contributed by atoms with Crippen LogP contribution in [0, 0.1) is 18.7 Å². The lowest BCUT2D eigenvalue weighted by Crippen LogP contribution is -2.32. The average molecular weight is 258 g/mol. The summed E-state index contributed by atoms with van der Waals surface area (Å²) >= 11 is 6.02. The number of carbonyl (C=O) groups excluding carboxylic acids is 1. The fraction of sp³-hybridized carbons (Fsp3) is 0.462. The van der Waals surface area contributed by atoms with Gasteiger partial charge in [-0.05, 0) is 36.6 Å². The Labute approximate surface area is 106 Å². The molecule has 0 fully saturated rings. The number of hydrogen-bond donors (Lipinski definition) is 1. The summed E-state index contributed by atoms with van der Waals surface area (Å²) in [5, 5.41) is 2.58. The van der Waals surface area contributed by atoms with Gasteiger partial charge in [-0.2, -0.15) is 0 Å². The molecule has 0 aliphatic rings. The van der Waals surface area contributed by atoms with Crippen molar-refractivity contribution in [1.29, 1.82) is 0 Å². The molecule has 0 aliphatic heterocycles. The van der Waals surface area contributed by atoms with E-state index in [0.29, 0.717) is 12.1 Å². The summed E-state index contributed by atoms with van der Waals surface area (Å²) in [5.74, 6) is -0.411. The molecule has 0 bridgehead atoms. The van der Waals surface area contributed by atoms with Gasteiger partial charge in [-0.15, -0.1) is 11.6 Å². The zero-order chi connectivity index (χ0) is 13.0. The van der Waals surface area contributed by atoms with Crippen LogP contribution in [0.1, 0.15) is 29.8 Å². The molecule has 1 rings (SSSR count). The number of carbonyl (C=O) groups is 1. The Balaban J connectivity index is 2.64. The molecule has 17 heavy (non-hydrogen) atoms. The lowest BCUT2D eigenvalue weighted by Gasteiger charge is -2.14. The van der Waals surface area contributed by atoms with Gasteiger partial charge in [0.25, 0.3) is 5.91 Å². The van der Waals surface area contributed by atoms with Crippen molar-refractivity contribution < 1.29 is 9.18 Å². The third-order valence-electron chi connectivity index (χ3n) is 2.49. The standard InChI is InChI=1S/C13H17ClFNO/c1-8(2)12(14)7-16-13(17)10-4-9(3)5-11(15)6-10/h4-6,8,12H,7H2,1-3H3,(H,16,17). The van der Waals surface area contributed by atoms with Crippen LogP contribution in [0.2, 0.25) is 0 Å². The van der Waals surface area contributed by atoms with Crippen LogP contribution >= 0.6 is 11.6 Å². The second kappa shape index (κ2) is 6.01. The molecular weight excluding hydrogens is 241 g/mol. The van der Waals surface area contributed by atoms with Gasteiger partial charge in [-0.25, -0.2) is 4.39 Å². The van der Waals surface area contributed by atoms with E-state index in [1.165, 1.54) is 12.1 Å². The van der Waals surface area contributed by atoms with Crippen molar-refractivity contribution in [2.24, 2.45) is 5.92 Å². The molecule has 0 spiro atoms. The van der Waals surface area contributed by atoms with E-state index in [2.05, 4.69) is 5.32 Å². The molecule has 0 heterocycles. The highest BCUT2D eigenvalue weighted by Crippen LogP contribution is 2.10. The zero-order valence-electron chi connectivity index (χ0n) is 10.3. The molecule has 1 aromatic carbocycles. The average Bonchev–Trinajstić information content (AvgIpc) is 2.23. The molecule has 94 valence electrons. The third-order valence-corrected chi connectivity index (χ3v) is 3.14. The number of rotatable bonds is 4. The number of aryl methyl sites for hydroxylation is 1. The van der Waals surface area contributed by atoms with Gasteiger partial charge in [-0.1, -0.05) is 13.8 Å². The fourth-order valence-electron chi connectivity index (χ4n) is 1.40. The zero-order valence-corrected chi connectivity index (χ0v) is 11.0. The van der Waals surface area contributed by atoms with Crippen molar-refractivity contribution in [3.63, 3.8) is 0 Å². The summed E-state index contributed by atoms with van der Waals surface area (Å²) in [6.07, 6.45) is 0. The molecule has 1 N–H and O–H groups in total. The summed E-state index contributed by atoms with van der Waals surface area (Å²) in [5.41, 5.74) is 1.05. The highest BCUT2D eigenvalue weighted by Gasteiger charge is 2.12. The van der Waals surface area contributed by atoms with Gasteiger partial charge in [0, 0.05) is 12.1 Å². The Morgan fingerprint density at radius 3 is 2.59 bits per heavy atom. The van der Waals surface area contributed by atoms with E-state index < -0.39 is 5.82 Å². The summed E-state index contributed by atoms with van der Waals surface area (Å²) in [6, 6.07) is 4.26. The van der Waals surface area contributed by atoms with Gasteiger partial charge in [0.1, 0.15) is 5.82 Å². The number of amides is 1. The molecule has 0 aromatic heterocycles. The van der Waals surface area contributed by atoms with Crippen LogP contribution in [-0.2, 0) is 0 Å². The minimum atomic E-state index is -0.401. The number of benzene rings is 1. The smallest absolute Gasteiger partial charge is 0.251 e. The molecular formula is C13H17ClFNO. The second-order valence-corrected chi connectivity index (χ2v) is 5.05. The van der Waals surface area contributed by atoms with E-state index in [9.17, 15) is 9.18 Å². The van der Waals surface area contributed by atoms with Crippen LogP contribution in [0.15, 0.2) is 18.2 Å². The number of halogens is 2. The van der Waals surface area contributed by atoms with Crippen molar-refractivity contribution in [2.45, 2.75) is 26.1 Å². The van der Waals surface area contributed by atoms with Crippen LogP contribution in [0.25, 0.3) is 0 Å². The predicted octanol–water partition coefficient (Wildman–Crippen LogP) is 3.13. The number of alkyl halides is 1. The van der Waals surface area contributed by atoms with Gasteiger partial charge in [0.15, 0.2) is 0 Å². The maximum atomic E-state index is 13.1. The molecule has 1 amide bonds. The second-order valence-electron chi connectivity index (χ2n) is 4.49. The lowest BCUT2D eigenvalue weighted by atomic mass is 10.1. The van der Waals surface area contributed by atoms with Crippen LogP contribution in [-0.4, -0.2) is 17.8 Å². The summed E-state index contributed by atoms with van der Waals surface area (Å²) in [4.78, 5) is 11.7. The molecule has 1 aromatic rings. The maximum absolute atomic E-state index is 13.1. The number of hydrogen-bond acceptors (Lipinski definition) is 1. The van der Waals surface area contributed by atoms with Crippen molar-refractivity contribution in [1.82, 2.24) is 5.32 Å². The van der Waals surface area contributed by atoms with E-state index in [1.807, 2.05) is 13.8 Å². The minimum Gasteiger partial charge on any atom is -0.351 e. The van der Waals surface area contributed by atoms with E-state index in [1.54, 1.807) is 13.0 Å². The minimum absolute atomic E-state index is 0.117. The van der Waals surface area contributed by atoms with Crippen molar-refractivity contribution in [2.75, 3.05) is 6.54 Å². The first-order chi connectivity index (χ1) is 7.90. The Hall–Kier alpha value is -1.09. The molecule has 0 saturated heterocycles. The van der Waals surface area contributed by atoms with Gasteiger partial charge in [0.05, 0.1) is 5.38 Å². The highest BCUT2D eigenvalue weighted by molar-refractivity contribution is 6.21. The summed E-state index contributed by atoms with van der Waals surface area (Å²) in [6.45, 7) is 6.10. The van der Waals surface area contributed by atoms with Crippen molar-refractivity contribution >= 4 is 17.5 Å². The van der Waals surface area contributed by atoms with Crippen LogP contribution in [0.4, 0.5) is 4.39 Å². The van der Waals surface area contributed by atoms with E-state index in [4.69, 9.17) is 11.6 Å². The maximum Gasteiger partial charge on any atom is 0.251 e. The first kappa shape index (κ1) is 14.0. The fourth-order valence-corrected chi connectivity index (χ4v) is 1.47. The largest absolute Gasteiger partial charge is 0.351 e. The van der Waals surface area contributed by atoms with Crippen LogP contribution in [0.3, 0.4) is 0 Å². The molecule has 0 saturated carbocycles. The van der Waals surface area contributed by atoms with E-state index in [0.717, 1.165) is 5.56 Å². The molecule has 1 atom stereocenters. The number of nitrogens with one attached hydrogen (secondary N) is 1. The van der Waals surface area contributed by atoms with E-state index in [-0.39, 0.29) is 17.2 Å². The van der Waals surface area contributed by atoms with Gasteiger partial charge < -0.3 is 5.32 Å². The summed E-state index contributed by atoms with van der Waals surface area (Å²) < 4.78 is 13.1. The van der Waals surface area contributed by atoms with Crippen LogP contribution < -0.4 is 5.32 Å². The van der Waals surface area contributed by atoms with Gasteiger partial charge in [0.2, 0.25) is 0 Å².